The Morgan fingerprint density at radius 2 is 2.00 bits per heavy atom. The van der Waals surface area contributed by atoms with Crippen LogP contribution in [0.3, 0.4) is 0 Å². The smallest absolute Gasteiger partial charge is 0.264 e. The lowest BCUT2D eigenvalue weighted by Crippen LogP contribution is -2.38. The summed E-state index contributed by atoms with van der Waals surface area (Å²) < 4.78 is 38.6. The van der Waals surface area contributed by atoms with Crippen LogP contribution >= 0.6 is 0 Å². The second kappa shape index (κ2) is 9.49. The number of amides is 1. The molecule has 1 atom stereocenters. The highest BCUT2D eigenvalue weighted by molar-refractivity contribution is 7.92. The normalized spacial score (nSPS) is 14.7. The van der Waals surface area contributed by atoms with Gasteiger partial charge in [-0.1, -0.05) is 18.2 Å². The van der Waals surface area contributed by atoms with Crippen molar-refractivity contribution in [2.45, 2.75) is 37.6 Å². The van der Waals surface area contributed by atoms with Gasteiger partial charge < -0.3 is 14.8 Å². The van der Waals surface area contributed by atoms with Crippen molar-refractivity contribution in [3.8, 4) is 5.75 Å². The van der Waals surface area contributed by atoms with Crippen LogP contribution in [0.5, 0.6) is 5.75 Å². The Kier molecular flexibility index (Phi) is 6.99. The Morgan fingerprint density at radius 1 is 1.23 bits per heavy atom. The standard InChI is InChI=1S/C22H28N2O5S/c1-16-13-19(10-11-21(16)29-15-22(25)23-17(2)14-28-3)30(26,27)24-12-6-8-18-7-4-5-9-20(18)24/h4-5,7,9-11,13,17H,6,8,12,14-15H2,1-3H3,(H,23,25)/t17-/m1/s1. The molecule has 1 N–H and O–H groups in total. The van der Waals surface area contributed by atoms with Crippen molar-refractivity contribution in [1.29, 1.82) is 0 Å². The summed E-state index contributed by atoms with van der Waals surface area (Å²) in [6, 6.07) is 12.2. The van der Waals surface area contributed by atoms with E-state index in [2.05, 4.69) is 5.32 Å². The molecule has 0 saturated heterocycles. The maximum atomic E-state index is 13.3. The minimum Gasteiger partial charge on any atom is -0.484 e. The monoisotopic (exact) mass is 432 g/mol. The summed E-state index contributed by atoms with van der Waals surface area (Å²) in [5.41, 5.74) is 2.43. The molecule has 2 aromatic rings. The topological polar surface area (TPSA) is 84.9 Å². The fraction of sp³-hybridized carbons (Fsp3) is 0.409. The van der Waals surface area contributed by atoms with Crippen LogP contribution in [0.2, 0.25) is 0 Å². The molecular formula is C22H28N2O5S. The molecule has 1 heterocycles. The van der Waals surface area contributed by atoms with Crippen molar-refractivity contribution in [3.63, 3.8) is 0 Å². The predicted octanol–water partition coefficient (Wildman–Crippen LogP) is 2.67. The van der Waals surface area contributed by atoms with Gasteiger partial charge in [-0.2, -0.15) is 0 Å². The largest absolute Gasteiger partial charge is 0.484 e. The van der Waals surface area contributed by atoms with Crippen LogP contribution in [-0.2, 0) is 26.0 Å². The van der Waals surface area contributed by atoms with Crippen molar-refractivity contribution in [2.24, 2.45) is 0 Å². The molecule has 0 radical (unpaired) electrons. The molecule has 0 saturated carbocycles. The van der Waals surface area contributed by atoms with E-state index < -0.39 is 10.0 Å². The van der Waals surface area contributed by atoms with Crippen molar-refractivity contribution in [2.75, 3.05) is 31.2 Å². The minimum absolute atomic E-state index is 0.118. The van der Waals surface area contributed by atoms with E-state index in [1.807, 2.05) is 31.2 Å². The summed E-state index contributed by atoms with van der Waals surface area (Å²) in [6.07, 6.45) is 1.66. The molecule has 3 rings (SSSR count). The number of benzene rings is 2. The van der Waals surface area contributed by atoms with Gasteiger partial charge in [0.05, 0.1) is 17.2 Å². The number of anilines is 1. The first-order valence-corrected chi connectivity index (χ1v) is 11.4. The second-order valence-electron chi connectivity index (χ2n) is 7.45. The fourth-order valence-electron chi connectivity index (χ4n) is 3.57. The molecule has 0 spiro atoms. The van der Waals surface area contributed by atoms with Crippen LogP contribution < -0.4 is 14.4 Å². The fourth-order valence-corrected chi connectivity index (χ4v) is 5.20. The van der Waals surface area contributed by atoms with Crippen molar-refractivity contribution >= 4 is 21.6 Å². The summed E-state index contributed by atoms with van der Waals surface area (Å²) in [6.45, 7) is 4.32. The van der Waals surface area contributed by atoms with Crippen molar-refractivity contribution in [1.82, 2.24) is 5.32 Å². The molecule has 0 fully saturated rings. The van der Waals surface area contributed by atoms with Gasteiger partial charge in [-0.25, -0.2) is 8.42 Å². The van der Waals surface area contributed by atoms with Crippen LogP contribution in [0.4, 0.5) is 5.69 Å². The summed E-state index contributed by atoms with van der Waals surface area (Å²) in [5.74, 6) is 0.211. The van der Waals surface area contributed by atoms with E-state index in [1.165, 1.54) is 10.4 Å². The molecule has 0 bridgehead atoms. The third-order valence-electron chi connectivity index (χ3n) is 4.98. The number of nitrogens with zero attached hydrogens (tertiary/aromatic N) is 1. The third kappa shape index (κ3) is 4.94. The molecule has 1 amide bonds. The molecule has 0 unspecified atom stereocenters. The number of rotatable bonds is 8. The number of hydrogen-bond acceptors (Lipinski definition) is 5. The number of methoxy groups -OCH3 is 1. The Bertz CT molecular complexity index is 1010. The van der Waals surface area contributed by atoms with E-state index in [9.17, 15) is 13.2 Å². The van der Waals surface area contributed by atoms with Gasteiger partial charge in [0.25, 0.3) is 15.9 Å². The Balaban J connectivity index is 1.73. The lowest BCUT2D eigenvalue weighted by molar-refractivity contribution is -0.124. The number of carbonyl (C=O) groups excluding carboxylic acids is 1. The highest BCUT2D eigenvalue weighted by Gasteiger charge is 2.29. The number of para-hydroxylation sites is 1. The van der Waals surface area contributed by atoms with E-state index in [0.29, 0.717) is 24.5 Å². The van der Waals surface area contributed by atoms with Gasteiger partial charge in [-0.05, 0) is 62.1 Å². The Hall–Kier alpha value is -2.58. The van der Waals surface area contributed by atoms with Crippen LogP contribution in [0, 0.1) is 6.92 Å². The lowest BCUT2D eigenvalue weighted by atomic mass is 10.0. The molecule has 1 aliphatic rings. The number of carbonyl (C=O) groups is 1. The number of fused-ring (bicyclic) bond motifs is 1. The van der Waals surface area contributed by atoms with Crippen molar-refractivity contribution in [3.05, 3.63) is 53.6 Å². The van der Waals surface area contributed by atoms with Gasteiger partial charge in [0.1, 0.15) is 5.75 Å². The first-order valence-electron chi connectivity index (χ1n) is 9.95. The Labute approximate surface area is 178 Å². The molecule has 2 aromatic carbocycles. The number of aryl methyl sites for hydroxylation is 2. The molecule has 1 aliphatic heterocycles. The minimum atomic E-state index is -3.68. The van der Waals surface area contributed by atoms with Crippen LogP contribution in [0.15, 0.2) is 47.4 Å². The van der Waals surface area contributed by atoms with Crippen LogP contribution in [0.25, 0.3) is 0 Å². The molecule has 7 nitrogen and oxygen atoms in total. The summed E-state index contributed by atoms with van der Waals surface area (Å²) in [7, 11) is -2.11. The predicted molar refractivity (Wildman–Crippen MR) is 115 cm³/mol. The van der Waals surface area contributed by atoms with Gasteiger partial charge in [0.2, 0.25) is 0 Å². The summed E-state index contributed by atoms with van der Waals surface area (Å²) in [5, 5.41) is 2.77. The van der Waals surface area contributed by atoms with E-state index >= 15 is 0 Å². The third-order valence-corrected chi connectivity index (χ3v) is 6.79. The summed E-state index contributed by atoms with van der Waals surface area (Å²) in [4.78, 5) is 12.2. The number of sulfonamides is 1. The highest BCUT2D eigenvalue weighted by atomic mass is 32.2. The molecule has 0 aliphatic carbocycles. The maximum Gasteiger partial charge on any atom is 0.264 e. The zero-order chi connectivity index (χ0) is 21.7. The van der Waals surface area contributed by atoms with E-state index in [4.69, 9.17) is 9.47 Å². The average Bonchev–Trinajstić information content (AvgIpc) is 2.72. The van der Waals surface area contributed by atoms with Gasteiger partial charge in [0, 0.05) is 19.7 Å². The van der Waals surface area contributed by atoms with Gasteiger partial charge in [-0.15, -0.1) is 0 Å². The molecular weight excluding hydrogens is 404 g/mol. The first-order chi connectivity index (χ1) is 14.3. The van der Waals surface area contributed by atoms with Gasteiger partial charge in [0.15, 0.2) is 6.61 Å². The SMILES string of the molecule is COC[C@@H](C)NC(=O)COc1ccc(S(=O)(=O)N2CCCc3ccccc32)cc1C. The van der Waals surface area contributed by atoms with Crippen LogP contribution in [-0.4, -0.2) is 47.2 Å². The quantitative estimate of drug-likeness (QED) is 0.693. The zero-order valence-corrected chi connectivity index (χ0v) is 18.4. The molecule has 162 valence electrons. The number of nitrogens with one attached hydrogen (secondary N) is 1. The highest BCUT2D eigenvalue weighted by Crippen LogP contribution is 2.33. The number of ether oxygens (including phenoxy) is 2. The van der Waals surface area contributed by atoms with E-state index in [1.54, 1.807) is 26.2 Å². The first kappa shape index (κ1) is 22.1. The molecule has 30 heavy (non-hydrogen) atoms. The average molecular weight is 433 g/mol. The van der Waals surface area contributed by atoms with Gasteiger partial charge >= 0.3 is 0 Å². The zero-order valence-electron chi connectivity index (χ0n) is 17.6. The van der Waals surface area contributed by atoms with E-state index in [0.717, 1.165) is 24.1 Å². The van der Waals surface area contributed by atoms with Crippen LogP contribution in [0.1, 0.15) is 24.5 Å². The molecule has 8 heteroatoms. The summed E-state index contributed by atoms with van der Waals surface area (Å²) >= 11 is 0. The Morgan fingerprint density at radius 3 is 2.73 bits per heavy atom. The molecule has 0 aromatic heterocycles. The van der Waals surface area contributed by atoms with Crippen molar-refractivity contribution < 1.29 is 22.7 Å². The second-order valence-corrected chi connectivity index (χ2v) is 9.31. The lowest BCUT2D eigenvalue weighted by Gasteiger charge is -2.30. The van der Waals surface area contributed by atoms with E-state index in [-0.39, 0.29) is 23.5 Å². The maximum absolute atomic E-state index is 13.3. The number of hydrogen-bond donors (Lipinski definition) is 1. The van der Waals surface area contributed by atoms with Gasteiger partial charge in [-0.3, -0.25) is 9.10 Å².